The molecule has 1 unspecified atom stereocenters. The number of aryl methyl sites for hydroxylation is 1. The fourth-order valence-corrected chi connectivity index (χ4v) is 3.78. The highest BCUT2D eigenvalue weighted by Crippen LogP contribution is 2.35. The first kappa shape index (κ1) is 17.3. The third-order valence-electron chi connectivity index (χ3n) is 4.20. The van der Waals surface area contributed by atoms with Crippen LogP contribution in [0.15, 0.2) is 35.4 Å². The Labute approximate surface area is 149 Å². The highest BCUT2D eigenvalue weighted by atomic mass is 32.2. The van der Waals surface area contributed by atoms with Crippen molar-refractivity contribution in [3.63, 3.8) is 0 Å². The Morgan fingerprint density at radius 1 is 1.32 bits per heavy atom. The van der Waals surface area contributed by atoms with Crippen molar-refractivity contribution in [2.75, 3.05) is 7.11 Å². The molecule has 2 heterocycles. The van der Waals surface area contributed by atoms with Gasteiger partial charge in [0.25, 0.3) is 11.1 Å². The molecule has 2 amide bonds. The van der Waals surface area contributed by atoms with E-state index in [2.05, 4.69) is 9.30 Å². The van der Waals surface area contributed by atoms with E-state index in [1.807, 2.05) is 37.4 Å². The van der Waals surface area contributed by atoms with E-state index < -0.39 is 23.2 Å². The first-order valence-electron chi connectivity index (χ1n) is 7.90. The van der Waals surface area contributed by atoms with Gasteiger partial charge in [0, 0.05) is 29.2 Å². The van der Waals surface area contributed by atoms with Crippen molar-refractivity contribution in [2.24, 2.45) is 0 Å². The Morgan fingerprint density at radius 2 is 2.04 bits per heavy atom. The first-order valence-corrected chi connectivity index (χ1v) is 8.72. The summed E-state index contributed by atoms with van der Waals surface area (Å²) in [5.41, 5.74) is 1.94. The molecule has 1 fully saturated rings. The van der Waals surface area contributed by atoms with Crippen LogP contribution < -0.4 is 0 Å². The minimum Gasteiger partial charge on any atom is -0.467 e. The molecule has 130 valence electrons. The number of nitrogens with zero attached hydrogens (tertiary/aromatic N) is 2. The van der Waals surface area contributed by atoms with Crippen molar-refractivity contribution in [1.29, 1.82) is 0 Å². The van der Waals surface area contributed by atoms with Gasteiger partial charge in [-0.3, -0.25) is 14.5 Å². The Bertz CT molecular complexity index is 900. The molecular weight excluding hydrogens is 340 g/mol. The number of hydrogen-bond donors (Lipinski definition) is 0. The van der Waals surface area contributed by atoms with Gasteiger partial charge in [0.05, 0.1) is 12.0 Å². The van der Waals surface area contributed by atoms with Gasteiger partial charge in [0.2, 0.25) is 0 Å². The number of methoxy groups -OCH3 is 1. The summed E-state index contributed by atoms with van der Waals surface area (Å²) in [4.78, 5) is 37.7. The number of carbonyl (C=O) groups excluding carboxylic acids is 3. The highest BCUT2D eigenvalue weighted by Gasteiger charge is 2.41. The molecule has 1 aromatic carbocycles. The molecule has 25 heavy (non-hydrogen) atoms. The number of aromatic nitrogens is 1. The zero-order valence-corrected chi connectivity index (χ0v) is 15.0. The number of fused-ring (bicyclic) bond motifs is 1. The van der Waals surface area contributed by atoms with Crippen LogP contribution >= 0.6 is 11.8 Å². The van der Waals surface area contributed by atoms with E-state index in [1.165, 1.54) is 14.0 Å². The normalized spacial score (nSPS) is 17.6. The molecule has 1 aromatic heterocycles. The summed E-state index contributed by atoms with van der Waals surface area (Å²) in [6.45, 7) is 4.32. The zero-order chi connectivity index (χ0) is 18.1. The summed E-state index contributed by atoms with van der Waals surface area (Å²) in [6.07, 6.45) is 3.67. The van der Waals surface area contributed by atoms with Gasteiger partial charge in [-0.2, -0.15) is 0 Å². The van der Waals surface area contributed by atoms with E-state index in [0.29, 0.717) is 4.91 Å². The molecule has 2 aromatic rings. The summed E-state index contributed by atoms with van der Waals surface area (Å²) >= 11 is 0.840. The van der Waals surface area contributed by atoms with E-state index in [1.54, 1.807) is 6.08 Å². The second kappa shape index (κ2) is 6.76. The van der Waals surface area contributed by atoms with Crippen molar-refractivity contribution in [1.82, 2.24) is 9.47 Å². The number of esters is 1. The van der Waals surface area contributed by atoms with Crippen LogP contribution in [0.3, 0.4) is 0 Å². The third-order valence-corrected chi connectivity index (χ3v) is 5.08. The second-order valence-corrected chi connectivity index (χ2v) is 6.63. The molecule has 7 heteroatoms. The number of para-hydroxylation sites is 1. The standard InChI is InChI=1S/C18H18N2O4S/c1-4-19-10-12(13-7-5-6-8-14(13)19)9-15-16(21)20(18(23)25-15)11(2)17(22)24-3/h5-11H,4H2,1-3H3. The quantitative estimate of drug-likeness (QED) is 0.620. The van der Waals surface area contributed by atoms with Gasteiger partial charge in [-0.05, 0) is 37.8 Å². The predicted molar refractivity (Wildman–Crippen MR) is 96.9 cm³/mol. The van der Waals surface area contributed by atoms with Crippen molar-refractivity contribution < 1.29 is 19.1 Å². The fraction of sp³-hybridized carbons (Fsp3) is 0.278. The fourth-order valence-electron chi connectivity index (χ4n) is 2.88. The second-order valence-electron chi connectivity index (χ2n) is 5.64. The summed E-state index contributed by atoms with van der Waals surface area (Å²) in [7, 11) is 1.23. The largest absolute Gasteiger partial charge is 0.467 e. The highest BCUT2D eigenvalue weighted by molar-refractivity contribution is 8.18. The van der Waals surface area contributed by atoms with Gasteiger partial charge in [-0.1, -0.05) is 18.2 Å². The minimum absolute atomic E-state index is 0.305. The maximum atomic E-state index is 12.6. The molecule has 1 aliphatic rings. The number of carbonyl (C=O) groups is 3. The molecule has 0 bridgehead atoms. The van der Waals surface area contributed by atoms with E-state index in [4.69, 9.17) is 0 Å². The Kier molecular flexibility index (Phi) is 4.67. The maximum absolute atomic E-state index is 12.6. The monoisotopic (exact) mass is 358 g/mol. The molecule has 1 saturated heterocycles. The molecule has 3 rings (SSSR count). The number of ether oxygens (including phenoxy) is 1. The average Bonchev–Trinajstić information content (AvgIpc) is 3.11. The van der Waals surface area contributed by atoms with E-state index in [0.717, 1.165) is 39.7 Å². The maximum Gasteiger partial charge on any atom is 0.328 e. The zero-order valence-electron chi connectivity index (χ0n) is 14.2. The van der Waals surface area contributed by atoms with Crippen LogP contribution in [0.5, 0.6) is 0 Å². The number of rotatable bonds is 4. The molecule has 0 N–H and O–H groups in total. The van der Waals surface area contributed by atoms with Crippen LogP contribution in [0.1, 0.15) is 19.4 Å². The van der Waals surface area contributed by atoms with E-state index in [-0.39, 0.29) is 0 Å². The van der Waals surface area contributed by atoms with Crippen molar-refractivity contribution in [2.45, 2.75) is 26.4 Å². The van der Waals surface area contributed by atoms with E-state index >= 15 is 0 Å². The summed E-state index contributed by atoms with van der Waals surface area (Å²) < 4.78 is 6.72. The molecule has 6 nitrogen and oxygen atoms in total. The summed E-state index contributed by atoms with van der Waals surface area (Å²) in [6, 6.07) is 6.95. The molecule has 1 aliphatic heterocycles. The van der Waals surface area contributed by atoms with Crippen LogP contribution in [0.25, 0.3) is 17.0 Å². The number of thioether (sulfide) groups is 1. The Hall–Kier alpha value is -2.54. The topological polar surface area (TPSA) is 68.6 Å². The van der Waals surface area contributed by atoms with Crippen LogP contribution in [-0.4, -0.2) is 39.7 Å². The molecule has 0 saturated carbocycles. The van der Waals surface area contributed by atoms with Crippen LogP contribution in [0.4, 0.5) is 4.79 Å². The number of benzene rings is 1. The van der Waals surface area contributed by atoms with Gasteiger partial charge < -0.3 is 9.30 Å². The molecule has 0 aliphatic carbocycles. The number of hydrogen-bond acceptors (Lipinski definition) is 5. The van der Waals surface area contributed by atoms with Crippen LogP contribution in [0.2, 0.25) is 0 Å². The van der Waals surface area contributed by atoms with Crippen molar-refractivity contribution in [3.8, 4) is 0 Å². The van der Waals surface area contributed by atoms with Gasteiger partial charge >= 0.3 is 5.97 Å². The minimum atomic E-state index is -0.944. The van der Waals surface area contributed by atoms with Gasteiger partial charge in [0.15, 0.2) is 0 Å². The SMILES string of the molecule is CCn1cc(C=C2SC(=O)N(C(C)C(=O)OC)C2=O)c2ccccc21. The lowest BCUT2D eigenvalue weighted by molar-refractivity contribution is -0.148. The Morgan fingerprint density at radius 3 is 2.72 bits per heavy atom. The first-order chi connectivity index (χ1) is 12.0. The van der Waals surface area contributed by atoms with Crippen LogP contribution in [0, 0.1) is 0 Å². The van der Waals surface area contributed by atoms with Crippen LogP contribution in [-0.2, 0) is 20.9 Å². The molecule has 0 spiro atoms. The molecule has 1 atom stereocenters. The van der Waals surface area contributed by atoms with Crippen molar-refractivity contribution >= 4 is 45.9 Å². The van der Waals surface area contributed by atoms with Gasteiger partial charge in [-0.15, -0.1) is 0 Å². The number of amides is 2. The summed E-state index contributed by atoms with van der Waals surface area (Å²) in [5.74, 6) is -1.09. The van der Waals surface area contributed by atoms with Gasteiger partial charge in [-0.25, -0.2) is 4.79 Å². The third kappa shape index (κ3) is 2.95. The van der Waals surface area contributed by atoms with Crippen molar-refractivity contribution in [3.05, 3.63) is 40.9 Å². The van der Waals surface area contributed by atoms with E-state index in [9.17, 15) is 14.4 Å². The van der Waals surface area contributed by atoms with Gasteiger partial charge in [0.1, 0.15) is 6.04 Å². The predicted octanol–water partition coefficient (Wildman–Crippen LogP) is 3.26. The number of imide groups is 1. The smallest absolute Gasteiger partial charge is 0.328 e. The summed E-state index contributed by atoms with van der Waals surface area (Å²) in [5, 5.41) is 0.547. The molecular formula is C18H18N2O4S. The lowest BCUT2D eigenvalue weighted by Gasteiger charge is -2.18. The Balaban J connectivity index is 1.99. The average molecular weight is 358 g/mol. The lowest BCUT2D eigenvalue weighted by atomic mass is 10.1. The lowest BCUT2D eigenvalue weighted by Crippen LogP contribution is -2.42. The molecule has 0 radical (unpaired) electrons.